The highest BCUT2D eigenvalue weighted by molar-refractivity contribution is 6.43. The van der Waals surface area contributed by atoms with Crippen LogP contribution in [0, 0.1) is 0 Å². The first kappa shape index (κ1) is 21.8. The van der Waals surface area contributed by atoms with Crippen LogP contribution >= 0.6 is 23.2 Å². The Hall–Kier alpha value is -2.52. The third-order valence-corrected chi connectivity index (χ3v) is 4.21. The number of carbonyl (C=O) groups excluding carboxylic acids is 1. The van der Waals surface area contributed by atoms with Gasteiger partial charge in [-0.25, -0.2) is 14.2 Å². The second kappa shape index (κ2) is 8.24. The topological polar surface area (TPSA) is 70.3 Å². The first-order valence-corrected chi connectivity index (χ1v) is 8.47. The Kier molecular flexibility index (Phi) is 6.41. The predicted octanol–water partition coefficient (Wildman–Crippen LogP) is 3.35. The number of benzene rings is 1. The molecule has 0 aliphatic rings. The van der Waals surface area contributed by atoms with Crippen LogP contribution in [0.15, 0.2) is 38.9 Å². The van der Waals surface area contributed by atoms with Crippen molar-refractivity contribution in [3.05, 3.63) is 66.4 Å². The summed E-state index contributed by atoms with van der Waals surface area (Å²) in [4.78, 5) is 36.1. The fourth-order valence-electron chi connectivity index (χ4n) is 2.31. The number of hydrogen-bond donors (Lipinski definition) is 0. The number of hydrogen-bond acceptors (Lipinski definition) is 4. The average molecular weight is 437 g/mol. The maximum absolute atomic E-state index is 13.0. The van der Waals surface area contributed by atoms with Gasteiger partial charge in [-0.1, -0.05) is 23.2 Å². The van der Waals surface area contributed by atoms with Gasteiger partial charge in [-0.15, -0.1) is 0 Å². The summed E-state index contributed by atoms with van der Waals surface area (Å²) >= 11 is 11.9. The standard InChI is InChI=1S/C17H13Cl2F3N2O4/c1-3-28-15(26)12(19)7-9-6-10(4-5-11(9)18)24-14(25)8-13(17(20,21)22)23(2)16(24)27/h4-8H,3H2,1-2H3. The third kappa shape index (κ3) is 4.48. The fraction of sp³-hybridized carbons (Fsp3) is 0.235. The van der Waals surface area contributed by atoms with Crippen molar-refractivity contribution in [3.63, 3.8) is 0 Å². The predicted molar refractivity (Wildman–Crippen MR) is 97.8 cm³/mol. The second-order valence-electron chi connectivity index (χ2n) is 5.46. The van der Waals surface area contributed by atoms with E-state index in [1.165, 1.54) is 18.2 Å². The molecule has 0 saturated carbocycles. The van der Waals surface area contributed by atoms with Gasteiger partial charge in [0, 0.05) is 18.1 Å². The number of ether oxygens (including phenoxy) is 1. The van der Waals surface area contributed by atoms with E-state index in [-0.39, 0.29) is 27.9 Å². The quantitative estimate of drug-likeness (QED) is 0.544. The SMILES string of the molecule is CCOC(=O)C(Cl)=Cc1cc(-n2c(=O)cc(C(F)(F)F)n(C)c2=O)ccc1Cl. The summed E-state index contributed by atoms with van der Waals surface area (Å²) in [5.74, 6) is -0.812. The molecule has 0 saturated heterocycles. The molecular weight excluding hydrogens is 424 g/mol. The van der Waals surface area contributed by atoms with Gasteiger partial charge in [0.15, 0.2) is 0 Å². The molecular formula is C17H13Cl2F3N2O4. The van der Waals surface area contributed by atoms with Crippen molar-refractivity contribution in [1.29, 1.82) is 0 Å². The molecule has 150 valence electrons. The van der Waals surface area contributed by atoms with Gasteiger partial charge in [0.25, 0.3) is 5.56 Å². The van der Waals surface area contributed by atoms with Gasteiger partial charge in [0.2, 0.25) is 0 Å². The van der Waals surface area contributed by atoms with E-state index in [0.717, 1.165) is 13.1 Å². The Balaban J connectivity index is 2.64. The number of carbonyl (C=O) groups is 1. The van der Waals surface area contributed by atoms with E-state index in [1.54, 1.807) is 6.92 Å². The van der Waals surface area contributed by atoms with E-state index in [1.807, 2.05) is 0 Å². The molecule has 0 fully saturated rings. The van der Waals surface area contributed by atoms with E-state index in [9.17, 15) is 27.6 Å². The number of esters is 1. The zero-order chi connectivity index (χ0) is 21.2. The Bertz CT molecular complexity index is 1070. The lowest BCUT2D eigenvalue weighted by Gasteiger charge is -2.14. The number of aromatic nitrogens is 2. The summed E-state index contributed by atoms with van der Waals surface area (Å²) in [5.41, 5.74) is -3.65. The van der Waals surface area contributed by atoms with Gasteiger partial charge in [-0.05, 0) is 36.8 Å². The molecule has 2 aromatic rings. The molecule has 0 aliphatic carbocycles. The van der Waals surface area contributed by atoms with Crippen LogP contribution in [0.5, 0.6) is 0 Å². The molecule has 0 amide bonds. The summed E-state index contributed by atoms with van der Waals surface area (Å²) in [6.45, 7) is 1.68. The Morgan fingerprint density at radius 2 is 1.89 bits per heavy atom. The first-order chi connectivity index (χ1) is 13.0. The molecule has 0 bridgehead atoms. The number of rotatable bonds is 4. The molecule has 0 unspecified atom stereocenters. The molecule has 0 atom stereocenters. The van der Waals surface area contributed by atoms with Gasteiger partial charge >= 0.3 is 17.8 Å². The highest BCUT2D eigenvalue weighted by Crippen LogP contribution is 2.27. The molecule has 1 aromatic carbocycles. The van der Waals surface area contributed by atoms with Gasteiger partial charge < -0.3 is 4.74 Å². The zero-order valence-electron chi connectivity index (χ0n) is 14.5. The van der Waals surface area contributed by atoms with E-state index in [0.29, 0.717) is 15.2 Å². The number of nitrogens with zero attached hydrogens (tertiary/aromatic N) is 2. The Labute approximate surface area is 166 Å². The Morgan fingerprint density at radius 1 is 1.25 bits per heavy atom. The van der Waals surface area contributed by atoms with Gasteiger partial charge in [0.1, 0.15) is 10.7 Å². The maximum Gasteiger partial charge on any atom is 0.431 e. The molecule has 11 heteroatoms. The van der Waals surface area contributed by atoms with E-state index in [4.69, 9.17) is 27.9 Å². The second-order valence-corrected chi connectivity index (χ2v) is 6.28. The van der Waals surface area contributed by atoms with Crippen LogP contribution in [0.4, 0.5) is 13.2 Å². The Morgan fingerprint density at radius 3 is 2.46 bits per heavy atom. The average Bonchev–Trinajstić information content (AvgIpc) is 2.60. The molecule has 0 spiro atoms. The third-order valence-electron chi connectivity index (χ3n) is 3.60. The molecule has 0 aliphatic heterocycles. The largest absolute Gasteiger partial charge is 0.462 e. The van der Waals surface area contributed by atoms with E-state index in [2.05, 4.69) is 0 Å². The summed E-state index contributed by atoms with van der Waals surface area (Å²) in [6.07, 6.45) is -3.71. The van der Waals surface area contributed by atoms with E-state index >= 15 is 0 Å². The highest BCUT2D eigenvalue weighted by Gasteiger charge is 2.35. The maximum atomic E-state index is 13.0. The summed E-state index contributed by atoms with van der Waals surface area (Å²) in [7, 11) is 0.898. The van der Waals surface area contributed by atoms with Crippen LogP contribution in [0.1, 0.15) is 18.2 Å². The van der Waals surface area contributed by atoms with Crippen molar-refractivity contribution in [2.75, 3.05) is 6.61 Å². The van der Waals surface area contributed by atoms with Crippen molar-refractivity contribution >= 4 is 35.2 Å². The molecule has 28 heavy (non-hydrogen) atoms. The van der Waals surface area contributed by atoms with Crippen molar-refractivity contribution in [3.8, 4) is 5.69 Å². The number of halogens is 5. The van der Waals surface area contributed by atoms with Crippen LogP contribution < -0.4 is 11.2 Å². The molecule has 0 N–H and O–H groups in total. The monoisotopic (exact) mass is 436 g/mol. The van der Waals surface area contributed by atoms with Crippen molar-refractivity contribution < 1.29 is 22.7 Å². The number of alkyl halides is 3. The van der Waals surface area contributed by atoms with Gasteiger partial charge in [0.05, 0.1) is 12.3 Å². The fourth-order valence-corrected chi connectivity index (χ4v) is 2.66. The van der Waals surface area contributed by atoms with Crippen LogP contribution in [0.3, 0.4) is 0 Å². The normalized spacial score (nSPS) is 12.2. The van der Waals surface area contributed by atoms with Crippen molar-refractivity contribution in [2.45, 2.75) is 13.1 Å². The molecule has 2 rings (SSSR count). The summed E-state index contributed by atoms with van der Waals surface area (Å²) in [6, 6.07) is 4.13. The lowest BCUT2D eigenvalue weighted by Crippen LogP contribution is -2.40. The lowest BCUT2D eigenvalue weighted by atomic mass is 10.1. The molecule has 1 aromatic heterocycles. The summed E-state index contributed by atoms with van der Waals surface area (Å²) in [5, 5.41) is -0.184. The van der Waals surface area contributed by atoms with Crippen LogP contribution in [0.25, 0.3) is 11.8 Å². The smallest absolute Gasteiger partial charge is 0.431 e. The van der Waals surface area contributed by atoms with Crippen molar-refractivity contribution in [1.82, 2.24) is 9.13 Å². The van der Waals surface area contributed by atoms with Gasteiger partial charge in [-0.2, -0.15) is 13.2 Å². The van der Waals surface area contributed by atoms with Crippen molar-refractivity contribution in [2.24, 2.45) is 7.05 Å². The summed E-state index contributed by atoms with van der Waals surface area (Å²) < 4.78 is 44.4. The molecule has 0 radical (unpaired) electrons. The minimum absolute atomic E-state index is 0.0525. The first-order valence-electron chi connectivity index (χ1n) is 7.72. The van der Waals surface area contributed by atoms with Crippen LogP contribution in [-0.2, 0) is 22.8 Å². The molecule has 1 heterocycles. The van der Waals surface area contributed by atoms with Gasteiger partial charge in [-0.3, -0.25) is 9.36 Å². The van der Waals surface area contributed by atoms with E-state index < -0.39 is 29.1 Å². The van der Waals surface area contributed by atoms with Crippen LogP contribution in [0.2, 0.25) is 5.02 Å². The molecule has 6 nitrogen and oxygen atoms in total. The highest BCUT2D eigenvalue weighted by atomic mass is 35.5. The zero-order valence-corrected chi connectivity index (χ0v) is 16.0. The minimum atomic E-state index is -4.87. The van der Waals surface area contributed by atoms with Crippen LogP contribution in [-0.4, -0.2) is 21.7 Å². The lowest BCUT2D eigenvalue weighted by molar-refractivity contribution is -0.144. The minimum Gasteiger partial charge on any atom is -0.462 e.